The van der Waals surface area contributed by atoms with E-state index in [4.69, 9.17) is 5.73 Å². The van der Waals surface area contributed by atoms with Crippen LogP contribution in [0.15, 0.2) is 23.0 Å². The summed E-state index contributed by atoms with van der Waals surface area (Å²) in [6.45, 7) is 0.501. The molecule has 0 saturated heterocycles. The highest BCUT2D eigenvalue weighted by Crippen LogP contribution is 2.08. The molecule has 0 aliphatic carbocycles. The van der Waals surface area contributed by atoms with Gasteiger partial charge in [-0.2, -0.15) is 16.4 Å². The summed E-state index contributed by atoms with van der Waals surface area (Å²) in [7, 11) is 0. The fourth-order valence-corrected chi connectivity index (χ4v) is 1.81. The molecule has 0 bridgehead atoms. The van der Waals surface area contributed by atoms with Gasteiger partial charge < -0.3 is 11.1 Å². The highest BCUT2D eigenvalue weighted by molar-refractivity contribution is 7.07. The first-order valence-corrected chi connectivity index (χ1v) is 5.30. The molecule has 2 rings (SSSR count). The van der Waals surface area contributed by atoms with Crippen molar-refractivity contribution in [3.8, 4) is 0 Å². The maximum atomic E-state index is 11.6. The zero-order chi connectivity index (χ0) is 10.7. The number of nitrogen functional groups attached to an aromatic ring is 1. The summed E-state index contributed by atoms with van der Waals surface area (Å²) in [5.41, 5.74) is 7.28. The number of amides is 1. The Bertz CT molecular complexity index is 448. The molecule has 0 unspecified atom stereocenters. The summed E-state index contributed by atoms with van der Waals surface area (Å²) >= 11 is 1.60. The summed E-state index contributed by atoms with van der Waals surface area (Å²) in [6.07, 6.45) is 1.42. The summed E-state index contributed by atoms with van der Waals surface area (Å²) in [6, 6.07) is 1.96. The van der Waals surface area contributed by atoms with Gasteiger partial charge in [0, 0.05) is 6.54 Å². The number of H-pyrrole nitrogens is 1. The molecule has 15 heavy (non-hydrogen) atoms. The Labute approximate surface area is 90.3 Å². The number of carbonyl (C=O) groups is 1. The van der Waals surface area contributed by atoms with Crippen LogP contribution < -0.4 is 11.1 Å². The molecule has 0 atom stereocenters. The van der Waals surface area contributed by atoms with Crippen molar-refractivity contribution in [3.63, 3.8) is 0 Å². The third kappa shape index (κ3) is 2.16. The van der Waals surface area contributed by atoms with Crippen LogP contribution in [0.1, 0.15) is 16.1 Å². The molecule has 0 aliphatic heterocycles. The lowest BCUT2D eigenvalue weighted by Crippen LogP contribution is -2.23. The van der Waals surface area contributed by atoms with Crippen molar-refractivity contribution in [1.29, 1.82) is 0 Å². The minimum Gasteiger partial charge on any atom is -0.396 e. The summed E-state index contributed by atoms with van der Waals surface area (Å²) in [4.78, 5) is 11.6. The van der Waals surface area contributed by atoms with Crippen molar-refractivity contribution in [2.24, 2.45) is 0 Å². The number of hydrogen-bond donors (Lipinski definition) is 3. The van der Waals surface area contributed by atoms with Gasteiger partial charge >= 0.3 is 0 Å². The molecule has 5 nitrogen and oxygen atoms in total. The van der Waals surface area contributed by atoms with E-state index in [2.05, 4.69) is 15.5 Å². The second kappa shape index (κ2) is 4.14. The molecule has 2 aromatic rings. The number of aromatic amines is 1. The number of hydrogen-bond acceptors (Lipinski definition) is 4. The number of nitrogens with one attached hydrogen (secondary N) is 2. The summed E-state index contributed by atoms with van der Waals surface area (Å²) in [5, 5.41) is 12.9. The van der Waals surface area contributed by atoms with Gasteiger partial charge in [-0.15, -0.1) is 0 Å². The van der Waals surface area contributed by atoms with E-state index in [0.717, 1.165) is 5.56 Å². The molecular weight excluding hydrogens is 212 g/mol. The van der Waals surface area contributed by atoms with Crippen molar-refractivity contribution >= 4 is 22.9 Å². The van der Waals surface area contributed by atoms with E-state index in [-0.39, 0.29) is 5.91 Å². The molecule has 0 radical (unpaired) electrons. The Morgan fingerprint density at radius 2 is 2.53 bits per heavy atom. The summed E-state index contributed by atoms with van der Waals surface area (Å²) < 4.78 is 0. The van der Waals surface area contributed by atoms with Crippen molar-refractivity contribution in [3.05, 3.63) is 34.3 Å². The van der Waals surface area contributed by atoms with Crippen molar-refractivity contribution in [2.75, 3.05) is 5.73 Å². The van der Waals surface area contributed by atoms with Gasteiger partial charge in [0.2, 0.25) is 0 Å². The maximum absolute atomic E-state index is 11.6. The second-order valence-electron chi connectivity index (χ2n) is 3.01. The molecule has 0 spiro atoms. The van der Waals surface area contributed by atoms with Crippen LogP contribution in [0.25, 0.3) is 0 Å². The Morgan fingerprint density at radius 1 is 1.67 bits per heavy atom. The van der Waals surface area contributed by atoms with E-state index in [1.807, 2.05) is 16.8 Å². The number of aromatic nitrogens is 2. The molecule has 1 amide bonds. The minimum absolute atomic E-state index is 0.240. The second-order valence-corrected chi connectivity index (χ2v) is 3.79. The smallest absolute Gasteiger partial charge is 0.271 e. The lowest BCUT2D eigenvalue weighted by Gasteiger charge is -2.01. The van der Waals surface area contributed by atoms with Gasteiger partial charge in [-0.1, -0.05) is 0 Å². The Kier molecular flexibility index (Phi) is 2.68. The molecule has 0 saturated carbocycles. The average Bonchev–Trinajstić information content (AvgIpc) is 2.84. The van der Waals surface area contributed by atoms with Crippen LogP contribution in [0.5, 0.6) is 0 Å². The van der Waals surface area contributed by atoms with Crippen LogP contribution in [0.4, 0.5) is 5.69 Å². The van der Waals surface area contributed by atoms with E-state index in [1.165, 1.54) is 6.20 Å². The number of nitrogens with zero attached hydrogens (tertiary/aromatic N) is 1. The standard InChI is InChI=1S/C9H10N4OS/c10-7-4-12-13-8(7)9(14)11-3-6-1-2-15-5-6/h1-2,4-5H,3,10H2,(H,11,14)(H,12,13). The average molecular weight is 222 g/mol. The van der Waals surface area contributed by atoms with E-state index in [1.54, 1.807) is 11.3 Å². The number of thiophene rings is 1. The molecule has 78 valence electrons. The Morgan fingerprint density at radius 3 is 3.13 bits per heavy atom. The number of carbonyl (C=O) groups excluding carboxylic acids is 1. The number of anilines is 1. The van der Waals surface area contributed by atoms with Gasteiger partial charge in [0.25, 0.3) is 5.91 Å². The van der Waals surface area contributed by atoms with E-state index in [9.17, 15) is 4.79 Å². The monoisotopic (exact) mass is 222 g/mol. The molecule has 0 fully saturated rings. The third-order valence-electron chi connectivity index (χ3n) is 1.93. The van der Waals surface area contributed by atoms with Crippen LogP contribution in [-0.4, -0.2) is 16.1 Å². The van der Waals surface area contributed by atoms with Gasteiger partial charge in [0.1, 0.15) is 5.69 Å². The minimum atomic E-state index is -0.240. The lowest BCUT2D eigenvalue weighted by atomic mass is 10.3. The predicted octanol–water partition coefficient (Wildman–Crippen LogP) is 0.983. The zero-order valence-corrected chi connectivity index (χ0v) is 8.67. The van der Waals surface area contributed by atoms with Crippen LogP contribution in [-0.2, 0) is 6.54 Å². The quantitative estimate of drug-likeness (QED) is 0.724. The molecule has 2 aromatic heterocycles. The highest BCUT2D eigenvalue weighted by Gasteiger charge is 2.10. The normalized spacial score (nSPS) is 10.1. The summed E-state index contributed by atoms with van der Waals surface area (Å²) in [5.74, 6) is -0.240. The van der Waals surface area contributed by atoms with Crippen LogP contribution in [0.2, 0.25) is 0 Å². The SMILES string of the molecule is Nc1cn[nH]c1C(=O)NCc1ccsc1. The van der Waals surface area contributed by atoms with Crippen molar-refractivity contribution < 1.29 is 4.79 Å². The van der Waals surface area contributed by atoms with E-state index in [0.29, 0.717) is 17.9 Å². The number of nitrogens with two attached hydrogens (primary N) is 1. The first-order valence-electron chi connectivity index (χ1n) is 4.35. The van der Waals surface area contributed by atoms with E-state index < -0.39 is 0 Å². The molecular formula is C9H10N4OS. The topological polar surface area (TPSA) is 83.8 Å². The highest BCUT2D eigenvalue weighted by atomic mass is 32.1. The molecule has 4 N–H and O–H groups in total. The Balaban J connectivity index is 1.96. The van der Waals surface area contributed by atoms with Crippen molar-refractivity contribution in [1.82, 2.24) is 15.5 Å². The zero-order valence-electron chi connectivity index (χ0n) is 7.86. The van der Waals surface area contributed by atoms with Crippen LogP contribution in [0.3, 0.4) is 0 Å². The maximum Gasteiger partial charge on any atom is 0.271 e. The van der Waals surface area contributed by atoms with Gasteiger partial charge in [-0.25, -0.2) is 0 Å². The first kappa shape index (κ1) is 9.72. The van der Waals surface area contributed by atoms with Gasteiger partial charge in [-0.3, -0.25) is 9.89 Å². The van der Waals surface area contributed by atoms with Crippen molar-refractivity contribution in [2.45, 2.75) is 6.54 Å². The fraction of sp³-hybridized carbons (Fsp3) is 0.111. The van der Waals surface area contributed by atoms with Gasteiger partial charge in [0.05, 0.1) is 11.9 Å². The van der Waals surface area contributed by atoms with Gasteiger partial charge in [-0.05, 0) is 22.4 Å². The van der Waals surface area contributed by atoms with Gasteiger partial charge in [0.15, 0.2) is 0 Å². The largest absolute Gasteiger partial charge is 0.396 e. The lowest BCUT2D eigenvalue weighted by molar-refractivity contribution is 0.0947. The third-order valence-corrected chi connectivity index (χ3v) is 2.66. The Hall–Kier alpha value is -1.82. The fourth-order valence-electron chi connectivity index (χ4n) is 1.14. The predicted molar refractivity (Wildman–Crippen MR) is 58.5 cm³/mol. The number of rotatable bonds is 3. The first-order chi connectivity index (χ1) is 7.27. The van der Waals surface area contributed by atoms with E-state index >= 15 is 0 Å². The van der Waals surface area contributed by atoms with Crippen LogP contribution >= 0.6 is 11.3 Å². The molecule has 6 heteroatoms. The molecule has 0 aliphatic rings. The molecule has 0 aromatic carbocycles. The molecule has 2 heterocycles. The van der Waals surface area contributed by atoms with Crippen LogP contribution in [0, 0.1) is 0 Å².